The molecule has 1 aromatic heterocycles. The molecule has 0 radical (unpaired) electrons. The molecule has 1 N–H and O–H groups in total. The van der Waals surface area contributed by atoms with Gasteiger partial charge in [0, 0.05) is 49.7 Å². The van der Waals surface area contributed by atoms with Crippen LogP contribution in [0, 0.1) is 0 Å². The number of aryl methyl sites for hydroxylation is 1. The van der Waals surface area contributed by atoms with Gasteiger partial charge >= 0.3 is 0 Å². The van der Waals surface area contributed by atoms with Crippen LogP contribution in [0.25, 0.3) is 10.9 Å². The number of hydrogen-bond acceptors (Lipinski definition) is 4. The van der Waals surface area contributed by atoms with Crippen LogP contribution in [0.1, 0.15) is 44.6 Å². The first-order valence-electron chi connectivity index (χ1n) is 12.0. The van der Waals surface area contributed by atoms with Crippen LogP contribution in [0.4, 0.5) is 0 Å². The van der Waals surface area contributed by atoms with E-state index >= 15 is 0 Å². The Kier molecular flexibility index (Phi) is 7.90. The second-order valence-electron chi connectivity index (χ2n) is 8.65. The van der Waals surface area contributed by atoms with Gasteiger partial charge in [-0.3, -0.25) is 4.79 Å². The van der Waals surface area contributed by atoms with Gasteiger partial charge in [0.25, 0.3) is 0 Å². The minimum atomic E-state index is -3.48. The van der Waals surface area contributed by atoms with Crippen molar-refractivity contribution >= 4 is 26.8 Å². The summed E-state index contributed by atoms with van der Waals surface area (Å²) in [6.07, 6.45) is 6.25. The second-order valence-corrected chi connectivity index (χ2v) is 10.6. The van der Waals surface area contributed by atoms with Gasteiger partial charge < -0.3 is 14.6 Å². The predicted octanol–water partition coefficient (Wildman–Crippen LogP) is 4.31. The van der Waals surface area contributed by atoms with E-state index in [0.717, 1.165) is 47.9 Å². The molecule has 1 aliphatic rings. The summed E-state index contributed by atoms with van der Waals surface area (Å²) < 4.78 is 35.3. The van der Waals surface area contributed by atoms with E-state index in [1.54, 1.807) is 16.4 Å². The number of aromatic nitrogens is 1. The Labute approximate surface area is 201 Å². The highest BCUT2D eigenvalue weighted by atomic mass is 32.2. The van der Waals surface area contributed by atoms with E-state index < -0.39 is 10.0 Å². The van der Waals surface area contributed by atoms with Crippen LogP contribution in [-0.4, -0.2) is 42.9 Å². The number of hydrogen-bond donors (Lipinski definition) is 1. The van der Waals surface area contributed by atoms with Crippen LogP contribution in [0.15, 0.2) is 59.6 Å². The van der Waals surface area contributed by atoms with Crippen molar-refractivity contribution in [2.45, 2.75) is 57.0 Å². The third-order valence-electron chi connectivity index (χ3n) is 6.25. The lowest BCUT2D eigenvalue weighted by Gasteiger charge is -2.20. The van der Waals surface area contributed by atoms with Crippen molar-refractivity contribution in [2.75, 3.05) is 19.7 Å². The molecule has 4 rings (SSSR count). The number of nitrogens with one attached hydrogen (secondary N) is 1. The molecular weight excluding hydrogens is 450 g/mol. The normalized spacial score (nSPS) is 15.2. The Bertz CT molecular complexity index is 1210. The van der Waals surface area contributed by atoms with Gasteiger partial charge in [0.05, 0.1) is 11.5 Å². The SMILES string of the molecule is CCOc1ccc(CNC(=O)CCn2ccc3cc(S(=O)(=O)N4CCCCCC4)ccc32)cc1. The summed E-state index contributed by atoms with van der Waals surface area (Å²) in [5.41, 5.74) is 1.94. The van der Waals surface area contributed by atoms with Gasteiger partial charge in [-0.25, -0.2) is 8.42 Å². The standard InChI is InChI=1S/C26H33N3O4S/c1-2-33-23-9-7-21(8-10-23)20-27-26(30)14-18-28-17-13-22-19-24(11-12-25(22)28)34(31,32)29-15-5-3-4-6-16-29/h7-13,17,19H,2-6,14-16,18,20H2,1H3,(H,27,30). The zero-order valence-electron chi connectivity index (χ0n) is 19.7. The number of benzene rings is 2. The molecule has 0 saturated carbocycles. The highest BCUT2D eigenvalue weighted by Gasteiger charge is 2.25. The van der Waals surface area contributed by atoms with Crippen LogP contribution < -0.4 is 10.1 Å². The van der Waals surface area contributed by atoms with Crippen molar-refractivity contribution < 1.29 is 17.9 Å². The second kappa shape index (κ2) is 11.1. The Hall–Kier alpha value is -2.84. The van der Waals surface area contributed by atoms with Crippen molar-refractivity contribution in [3.63, 3.8) is 0 Å². The molecule has 34 heavy (non-hydrogen) atoms. The van der Waals surface area contributed by atoms with Crippen molar-refractivity contribution in [3.8, 4) is 5.75 Å². The van der Waals surface area contributed by atoms with Gasteiger partial charge in [-0.05, 0) is 61.7 Å². The maximum atomic E-state index is 13.1. The van der Waals surface area contributed by atoms with E-state index in [1.165, 1.54) is 0 Å². The van der Waals surface area contributed by atoms with Crippen molar-refractivity contribution in [1.82, 2.24) is 14.2 Å². The topological polar surface area (TPSA) is 80.6 Å². The molecular formula is C26H33N3O4S. The van der Waals surface area contributed by atoms with E-state index in [-0.39, 0.29) is 5.91 Å². The maximum Gasteiger partial charge on any atom is 0.243 e. The van der Waals surface area contributed by atoms with Crippen LogP contribution >= 0.6 is 0 Å². The Balaban J connectivity index is 1.35. The molecule has 7 nitrogen and oxygen atoms in total. The highest BCUT2D eigenvalue weighted by Crippen LogP contribution is 2.25. The third-order valence-corrected chi connectivity index (χ3v) is 8.14. The first kappa shape index (κ1) is 24.3. The van der Waals surface area contributed by atoms with E-state index in [2.05, 4.69) is 5.32 Å². The molecule has 2 aromatic carbocycles. The summed E-state index contributed by atoms with van der Waals surface area (Å²) in [7, 11) is -3.48. The molecule has 0 aliphatic carbocycles. The summed E-state index contributed by atoms with van der Waals surface area (Å²) in [6.45, 7) is 4.74. The maximum absolute atomic E-state index is 13.1. The van der Waals surface area contributed by atoms with Crippen LogP contribution in [0.5, 0.6) is 5.75 Å². The quantitative estimate of drug-likeness (QED) is 0.492. The molecule has 2 heterocycles. The average molecular weight is 484 g/mol. The van der Waals surface area contributed by atoms with Crippen LogP contribution in [0.3, 0.4) is 0 Å². The smallest absolute Gasteiger partial charge is 0.243 e. The summed E-state index contributed by atoms with van der Waals surface area (Å²) in [6, 6.07) is 14.9. The van der Waals surface area contributed by atoms with E-state index in [0.29, 0.717) is 44.1 Å². The fraction of sp³-hybridized carbons (Fsp3) is 0.423. The molecule has 3 aromatic rings. The molecule has 1 aliphatic heterocycles. The molecule has 1 saturated heterocycles. The van der Waals surface area contributed by atoms with Gasteiger partial charge in [-0.2, -0.15) is 4.31 Å². The number of amides is 1. The minimum Gasteiger partial charge on any atom is -0.494 e. The van der Waals surface area contributed by atoms with Crippen LogP contribution in [0.2, 0.25) is 0 Å². The zero-order valence-corrected chi connectivity index (χ0v) is 20.5. The summed E-state index contributed by atoms with van der Waals surface area (Å²) in [5.74, 6) is 0.788. The summed E-state index contributed by atoms with van der Waals surface area (Å²) in [5, 5.41) is 3.82. The number of ether oxygens (including phenoxy) is 1. The molecule has 0 spiro atoms. The first-order valence-corrected chi connectivity index (χ1v) is 13.5. The van der Waals surface area contributed by atoms with Gasteiger partial charge in [0.1, 0.15) is 5.75 Å². The summed E-state index contributed by atoms with van der Waals surface area (Å²) >= 11 is 0. The Morgan fingerprint density at radius 1 is 1.00 bits per heavy atom. The van der Waals surface area contributed by atoms with Gasteiger partial charge in [-0.15, -0.1) is 0 Å². The molecule has 0 atom stereocenters. The molecule has 1 fully saturated rings. The minimum absolute atomic E-state index is 0.0314. The molecule has 8 heteroatoms. The lowest BCUT2D eigenvalue weighted by Crippen LogP contribution is -2.31. The molecule has 0 bridgehead atoms. The van der Waals surface area contributed by atoms with Crippen LogP contribution in [-0.2, 0) is 27.9 Å². The number of carbonyl (C=O) groups excluding carboxylic acids is 1. The van der Waals surface area contributed by atoms with Crippen molar-refractivity contribution in [2.24, 2.45) is 0 Å². The molecule has 0 unspecified atom stereocenters. The largest absolute Gasteiger partial charge is 0.494 e. The van der Waals surface area contributed by atoms with Crippen molar-refractivity contribution in [3.05, 3.63) is 60.3 Å². The monoisotopic (exact) mass is 483 g/mol. The Morgan fingerprint density at radius 2 is 1.74 bits per heavy atom. The number of nitrogens with zero attached hydrogens (tertiary/aromatic N) is 2. The van der Waals surface area contributed by atoms with E-state index in [4.69, 9.17) is 4.74 Å². The van der Waals surface area contributed by atoms with Gasteiger partial charge in [-0.1, -0.05) is 25.0 Å². The number of carbonyl (C=O) groups is 1. The lowest BCUT2D eigenvalue weighted by atomic mass is 10.2. The summed E-state index contributed by atoms with van der Waals surface area (Å²) in [4.78, 5) is 12.7. The van der Waals surface area contributed by atoms with Crippen molar-refractivity contribution in [1.29, 1.82) is 0 Å². The average Bonchev–Trinajstić information content (AvgIpc) is 3.04. The number of fused-ring (bicyclic) bond motifs is 1. The first-order chi connectivity index (χ1) is 16.5. The fourth-order valence-corrected chi connectivity index (χ4v) is 5.90. The van der Waals surface area contributed by atoms with E-state index in [1.807, 2.05) is 54.1 Å². The molecule has 1 amide bonds. The highest BCUT2D eigenvalue weighted by molar-refractivity contribution is 7.89. The number of sulfonamides is 1. The predicted molar refractivity (Wildman–Crippen MR) is 133 cm³/mol. The fourth-order valence-electron chi connectivity index (χ4n) is 4.35. The third kappa shape index (κ3) is 5.80. The molecule has 182 valence electrons. The number of rotatable bonds is 9. The zero-order chi connectivity index (χ0) is 24.0. The van der Waals surface area contributed by atoms with E-state index in [9.17, 15) is 13.2 Å². The van der Waals surface area contributed by atoms with Gasteiger partial charge in [0.15, 0.2) is 0 Å². The lowest BCUT2D eigenvalue weighted by molar-refractivity contribution is -0.121. The Morgan fingerprint density at radius 3 is 2.44 bits per heavy atom. The van der Waals surface area contributed by atoms with Gasteiger partial charge in [0.2, 0.25) is 15.9 Å².